The van der Waals surface area contributed by atoms with Crippen LogP contribution in [-0.4, -0.2) is 21.3 Å². The van der Waals surface area contributed by atoms with Crippen molar-refractivity contribution in [3.05, 3.63) is 0 Å². The van der Waals surface area contributed by atoms with Crippen molar-refractivity contribution in [3.8, 4) is 0 Å². The molecule has 1 aliphatic heterocycles. The number of nitrogens with zero attached hydrogens (tertiary/aromatic N) is 1. The predicted molar refractivity (Wildman–Crippen MR) is 46.4 cm³/mol. The smallest absolute Gasteiger partial charge is 0.113 e. The van der Waals surface area contributed by atoms with Gasteiger partial charge in [-0.3, -0.25) is 0 Å². The van der Waals surface area contributed by atoms with E-state index < -0.39 is 11.2 Å². The van der Waals surface area contributed by atoms with E-state index in [1.165, 1.54) is 0 Å². The standard InChI is InChI=1S/C7H13N2OS/c1-6(2)5(11)8-7(3,4)9(6)10/h1-4H3,(H,8,11). The van der Waals surface area contributed by atoms with E-state index in [0.717, 1.165) is 5.06 Å². The molecule has 1 saturated heterocycles. The summed E-state index contributed by atoms with van der Waals surface area (Å²) in [6.07, 6.45) is 0. The second-order valence-electron chi connectivity index (χ2n) is 3.87. The maximum Gasteiger partial charge on any atom is 0.113 e. The summed E-state index contributed by atoms with van der Waals surface area (Å²) in [4.78, 5) is 0.623. The lowest BCUT2D eigenvalue weighted by Crippen LogP contribution is -2.47. The van der Waals surface area contributed by atoms with Crippen molar-refractivity contribution >= 4 is 17.2 Å². The van der Waals surface area contributed by atoms with Crippen LogP contribution < -0.4 is 5.32 Å². The average Bonchev–Trinajstić information content (AvgIpc) is 1.94. The van der Waals surface area contributed by atoms with Crippen LogP contribution in [0.2, 0.25) is 0 Å². The predicted octanol–water partition coefficient (Wildman–Crippen LogP) is 1.08. The molecule has 0 unspecified atom stereocenters. The topological polar surface area (TPSA) is 35.2 Å². The molecule has 4 heteroatoms. The van der Waals surface area contributed by atoms with Gasteiger partial charge in [-0.25, -0.2) is 0 Å². The van der Waals surface area contributed by atoms with E-state index in [1.807, 2.05) is 27.7 Å². The molecule has 1 fully saturated rings. The number of hydroxylamine groups is 2. The second kappa shape index (κ2) is 2.15. The van der Waals surface area contributed by atoms with Gasteiger partial charge in [0.15, 0.2) is 0 Å². The van der Waals surface area contributed by atoms with Crippen LogP contribution in [0.5, 0.6) is 0 Å². The SMILES string of the molecule is CC1(C)NC(=S)C(C)(C)N1[O]. The Labute approximate surface area is 72.3 Å². The summed E-state index contributed by atoms with van der Waals surface area (Å²) in [6.45, 7) is 7.29. The number of nitrogens with one attached hydrogen (secondary N) is 1. The molecule has 0 aliphatic carbocycles. The largest absolute Gasteiger partial charge is 0.359 e. The van der Waals surface area contributed by atoms with E-state index in [9.17, 15) is 5.21 Å². The first kappa shape index (κ1) is 8.90. The third-order valence-electron chi connectivity index (χ3n) is 1.99. The van der Waals surface area contributed by atoms with Crippen molar-refractivity contribution < 1.29 is 5.21 Å². The Hall–Kier alpha value is -0.190. The highest BCUT2D eigenvalue weighted by Gasteiger charge is 2.49. The Morgan fingerprint density at radius 3 is 1.91 bits per heavy atom. The molecule has 1 radical (unpaired) electrons. The number of thiocarbonyl (C=S) groups is 1. The third-order valence-corrected chi connectivity index (χ3v) is 2.59. The summed E-state index contributed by atoms with van der Waals surface area (Å²) in [5.74, 6) is 0. The normalized spacial score (nSPS) is 28.6. The monoisotopic (exact) mass is 173 g/mol. The van der Waals surface area contributed by atoms with Crippen molar-refractivity contribution in [1.29, 1.82) is 0 Å². The Morgan fingerprint density at radius 1 is 1.36 bits per heavy atom. The van der Waals surface area contributed by atoms with Gasteiger partial charge in [0.1, 0.15) is 5.66 Å². The van der Waals surface area contributed by atoms with E-state index in [2.05, 4.69) is 5.32 Å². The first-order valence-electron chi connectivity index (χ1n) is 3.58. The second-order valence-corrected chi connectivity index (χ2v) is 4.27. The fraction of sp³-hybridized carbons (Fsp3) is 0.857. The Balaban J connectivity index is 2.98. The van der Waals surface area contributed by atoms with Crippen LogP contribution in [0, 0.1) is 0 Å². The lowest BCUT2D eigenvalue weighted by Gasteiger charge is -2.28. The number of rotatable bonds is 0. The first-order valence-corrected chi connectivity index (χ1v) is 3.99. The molecular formula is C7H13N2OS. The Kier molecular flexibility index (Phi) is 1.74. The van der Waals surface area contributed by atoms with Gasteiger partial charge in [0.2, 0.25) is 0 Å². The molecule has 1 heterocycles. The summed E-state index contributed by atoms with van der Waals surface area (Å²) >= 11 is 5.03. The van der Waals surface area contributed by atoms with E-state index >= 15 is 0 Å². The van der Waals surface area contributed by atoms with Crippen molar-refractivity contribution in [3.63, 3.8) is 0 Å². The van der Waals surface area contributed by atoms with Gasteiger partial charge in [0.05, 0.1) is 10.5 Å². The van der Waals surface area contributed by atoms with Gasteiger partial charge in [0, 0.05) is 0 Å². The zero-order chi connectivity index (χ0) is 8.86. The summed E-state index contributed by atoms with van der Waals surface area (Å²) in [5, 5.41) is 15.5. The minimum Gasteiger partial charge on any atom is -0.359 e. The molecule has 0 aromatic carbocycles. The van der Waals surface area contributed by atoms with Gasteiger partial charge in [-0.2, -0.15) is 0 Å². The zero-order valence-electron chi connectivity index (χ0n) is 7.26. The molecule has 1 aliphatic rings. The molecule has 0 aromatic rings. The summed E-state index contributed by atoms with van der Waals surface area (Å²) < 4.78 is 0. The lowest BCUT2D eigenvalue weighted by atomic mass is 10.1. The maximum atomic E-state index is 11.5. The van der Waals surface area contributed by atoms with Crippen molar-refractivity contribution in [2.45, 2.75) is 38.9 Å². The molecule has 0 spiro atoms. The molecule has 1 rings (SSSR count). The van der Waals surface area contributed by atoms with Crippen LogP contribution in [0.1, 0.15) is 27.7 Å². The third kappa shape index (κ3) is 1.15. The number of hydrogen-bond acceptors (Lipinski definition) is 2. The highest BCUT2D eigenvalue weighted by atomic mass is 32.1. The fourth-order valence-electron chi connectivity index (χ4n) is 1.27. The molecule has 63 valence electrons. The van der Waals surface area contributed by atoms with E-state index in [-0.39, 0.29) is 0 Å². The fourth-order valence-corrected chi connectivity index (χ4v) is 1.61. The van der Waals surface area contributed by atoms with Gasteiger partial charge < -0.3 is 5.32 Å². The minimum absolute atomic E-state index is 0.555. The molecule has 0 bridgehead atoms. The molecule has 3 nitrogen and oxygen atoms in total. The lowest BCUT2D eigenvalue weighted by molar-refractivity contribution is -0.241. The van der Waals surface area contributed by atoms with Crippen LogP contribution in [0.15, 0.2) is 0 Å². The van der Waals surface area contributed by atoms with Gasteiger partial charge in [-0.15, -0.1) is 10.3 Å². The summed E-state index contributed by atoms with van der Waals surface area (Å²) in [5.41, 5.74) is -1.11. The van der Waals surface area contributed by atoms with Crippen molar-refractivity contribution in [2.75, 3.05) is 0 Å². The summed E-state index contributed by atoms with van der Waals surface area (Å²) in [7, 11) is 0. The van der Waals surface area contributed by atoms with Gasteiger partial charge in [0.25, 0.3) is 0 Å². The van der Waals surface area contributed by atoms with Gasteiger partial charge in [-0.05, 0) is 27.7 Å². The van der Waals surface area contributed by atoms with Crippen LogP contribution >= 0.6 is 12.2 Å². The highest BCUT2D eigenvalue weighted by Crippen LogP contribution is 2.29. The Morgan fingerprint density at radius 2 is 1.82 bits per heavy atom. The van der Waals surface area contributed by atoms with E-state index in [4.69, 9.17) is 12.2 Å². The van der Waals surface area contributed by atoms with Crippen LogP contribution in [0.25, 0.3) is 0 Å². The molecular weight excluding hydrogens is 160 g/mol. The minimum atomic E-state index is -0.557. The molecule has 1 N–H and O–H groups in total. The van der Waals surface area contributed by atoms with Crippen LogP contribution in [0.4, 0.5) is 0 Å². The van der Waals surface area contributed by atoms with Crippen LogP contribution in [-0.2, 0) is 5.21 Å². The average molecular weight is 173 g/mol. The van der Waals surface area contributed by atoms with Crippen molar-refractivity contribution in [2.24, 2.45) is 0 Å². The van der Waals surface area contributed by atoms with Crippen LogP contribution in [0.3, 0.4) is 0 Å². The molecule has 0 amide bonds. The summed E-state index contributed by atoms with van der Waals surface area (Å²) in [6, 6.07) is 0. The Bertz CT molecular complexity index is 201. The first-order chi connectivity index (χ1) is 4.78. The van der Waals surface area contributed by atoms with E-state index in [0.29, 0.717) is 4.99 Å². The maximum absolute atomic E-state index is 11.5. The molecule has 11 heavy (non-hydrogen) atoms. The van der Waals surface area contributed by atoms with Crippen molar-refractivity contribution in [1.82, 2.24) is 10.4 Å². The van der Waals surface area contributed by atoms with Gasteiger partial charge >= 0.3 is 0 Å². The molecule has 0 saturated carbocycles. The molecule has 0 atom stereocenters. The quantitative estimate of drug-likeness (QED) is 0.557. The number of hydrogen-bond donors (Lipinski definition) is 1. The zero-order valence-corrected chi connectivity index (χ0v) is 8.08. The molecule has 0 aromatic heterocycles. The van der Waals surface area contributed by atoms with E-state index in [1.54, 1.807) is 0 Å². The highest BCUT2D eigenvalue weighted by molar-refractivity contribution is 7.80. The van der Waals surface area contributed by atoms with Gasteiger partial charge in [-0.1, -0.05) is 12.2 Å².